The fourth-order valence-corrected chi connectivity index (χ4v) is 2.21. The Morgan fingerprint density at radius 1 is 1.40 bits per heavy atom. The smallest absolute Gasteiger partial charge is 0.0363 e. The molecule has 1 rings (SSSR count). The monoisotopic (exact) mass is 140 g/mol. The lowest BCUT2D eigenvalue weighted by atomic mass is 9.67. The topological polar surface area (TPSA) is 0 Å². The van der Waals surface area contributed by atoms with Gasteiger partial charge in [-0.25, -0.2) is 0 Å². The van der Waals surface area contributed by atoms with E-state index in [2.05, 4.69) is 20.8 Å². The molecule has 1 aliphatic rings. The third-order valence-electron chi connectivity index (χ3n) is 3.16. The molecule has 0 radical (unpaired) electrons. The van der Waals surface area contributed by atoms with Gasteiger partial charge in [-0.1, -0.05) is 40.0 Å². The highest BCUT2D eigenvalue weighted by molar-refractivity contribution is 4.80. The number of hydrogen-bond donors (Lipinski definition) is 0. The molecule has 0 amide bonds. The maximum Gasteiger partial charge on any atom is -0.0363 e. The van der Waals surface area contributed by atoms with E-state index < -0.39 is 0 Å². The Labute approximate surface area is 65.0 Å². The van der Waals surface area contributed by atoms with Crippen molar-refractivity contribution < 1.29 is 0 Å². The summed E-state index contributed by atoms with van der Waals surface area (Å²) in [4.78, 5) is 0. The lowest BCUT2D eigenvalue weighted by Gasteiger charge is -2.38. The van der Waals surface area contributed by atoms with Crippen LogP contribution in [-0.4, -0.2) is 0 Å². The van der Waals surface area contributed by atoms with Crippen molar-refractivity contribution in [2.24, 2.45) is 17.8 Å². The van der Waals surface area contributed by atoms with Crippen LogP contribution in [0.15, 0.2) is 0 Å². The molecule has 0 aromatic heterocycles. The van der Waals surface area contributed by atoms with Crippen molar-refractivity contribution in [3.63, 3.8) is 0 Å². The van der Waals surface area contributed by atoms with E-state index >= 15 is 0 Å². The lowest BCUT2D eigenvalue weighted by Crippen LogP contribution is -2.28. The van der Waals surface area contributed by atoms with Gasteiger partial charge in [-0.05, 0) is 24.2 Å². The minimum atomic E-state index is 0.994. The molecule has 3 unspecified atom stereocenters. The van der Waals surface area contributed by atoms with Gasteiger partial charge < -0.3 is 0 Å². The second-order valence-corrected chi connectivity index (χ2v) is 3.98. The van der Waals surface area contributed by atoms with Crippen molar-refractivity contribution >= 4 is 0 Å². The third kappa shape index (κ3) is 1.53. The summed E-state index contributed by atoms with van der Waals surface area (Å²) >= 11 is 0. The normalized spacial score (nSPS) is 35.1. The van der Waals surface area contributed by atoms with E-state index in [-0.39, 0.29) is 0 Å². The summed E-state index contributed by atoms with van der Waals surface area (Å²) in [7, 11) is 0. The van der Waals surface area contributed by atoms with E-state index in [9.17, 15) is 0 Å². The molecule has 1 aliphatic carbocycles. The quantitative estimate of drug-likeness (QED) is 0.563. The molecule has 60 valence electrons. The summed E-state index contributed by atoms with van der Waals surface area (Å²) < 4.78 is 0. The Morgan fingerprint density at radius 2 is 2.10 bits per heavy atom. The van der Waals surface area contributed by atoms with E-state index in [0.717, 1.165) is 17.8 Å². The van der Waals surface area contributed by atoms with Gasteiger partial charge in [0.1, 0.15) is 0 Å². The van der Waals surface area contributed by atoms with Crippen molar-refractivity contribution in [1.82, 2.24) is 0 Å². The Morgan fingerprint density at radius 3 is 2.40 bits per heavy atom. The predicted octanol–water partition coefficient (Wildman–Crippen LogP) is 3.47. The van der Waals surface area contributed by atoms with Gasteiger partial charge in [-0.15, -0.1) is 0 Å². The molecule has 0 heteroatoms. The van der Waals surface area contributed by atoms with E-state index in [1.165, 1.54) is 25.7 Å². The first kappa shape index (κ1) is 8.10. The maximum atomic E-state index is 2.42. The third-order valence-corrected chi connectivity index (χ3v) is 3.16. The molecule has 0 aromatic carbocycles. The van der Waals surface area contributed by atoms with Crippen LogP contribution < -0.4 is 0 Å². The average molecular weight is 140 g/mol. The van der Waals surface area contributed by atoms with Crippen LogP contribution in [-0.2, 0) is 0 Å². The lowest BCUT2D eigenvalue weighted by molar-refractivity contribution is 0.122. The Kier molecular flexibility index (Phi) is 2.76. The van der Waals surface area contributed by atoms with Crippen LogP contribution in [0.25, 0.3) is 0 Å². The summed E-state index contributed by atoms with van der Waals surface area (Å²) in [5, 5.41) is 0. The minimum Gasteiger partial charge on any atom is -0.0654 e. The van der Waals surface area contributed by atoms with Crippen LogP contribution in [0.4, 0.5) is 0 Å². The standard InChI is InChI=1S/C10H20/c1-4-5-8(2)10-7-6-9(10)3/h8-10H,4-7H2,1-3H3. The minimum absolute atomic E-state index is 0.994. The second-order valence-electron chi connectivity index (χ2n) is 3.98. The van der Waals surface area contributed by atoms with Gasteiger partial charge >= 0.3 is 0 Å². The van der Waals surface area contributed by atoms with Gasteiger partial charge in [0.25, 0.3) is 0 Å². The van der Waals surface area contributed by atoms with E-state index in [0.29, 0.717) is 0 Å². The zero-order valence-corrected chi connectivity index (χ0v) is 7.56. The van der Waals surface area contributed by atoms with Gasteiger partial charge in [0.05, 0.1) is 0 Å². The van der Waals surface area contributed by atoms with E-state index in [1.54, 1.807) is 0 Å². The molecule has 0 bridgehead atoms. The first-order valence-corrected chi connectivity index (χ1v) is 4.75. The van der Waals surface area contributed by atoms with Gasteiger partial charge in [-0.3, -0.25) is 0 Å². The SMILES string of the molecule is CCCC(C)C1CCC1C. The molecule has 1 saturated carbocycles. The summed E-state index contributed by atoms with van der Waals surface area (Å²) in [6, 6.07) is 0. The summed E-state index contributed by atoms with van der Waals surface area (Å²) in [6.45, 7) is 7.12. The fourth-order valence-electron chi connectivity index (χ4n) is 2.21. The molecule has 0 spiro atoms. The van der Waals surface area contributed by atoms with Gasteiger partial charge in [0.2, 0.25) is 0 Å². The van der Waals surface area contributed by atoms with Gasteiger partial charge in [0.15, 0.2) is 0 Å². The molecule has 0 heterocycles. The highest BCUT2D eigenvalue weighted by atomic mass is 14.4. The molecule has 0 N–H and O–H groups in total. The molecule has 1 fully saturated rings. The summed E-state index contributed by atoms with van der Waals surface area (Å²) in [5.74, 6) is 3.09. The van der Waals surface area contributed by atoms with Crippen LogP contribution in [0, 0.1) is 17.8 Å². The van der Waals surface area contributed by atoms with E-state index in [4.69, 9.17) is 0 Å². The van der Waals surface area contributed by atoms with Crippen LogP contribution >= 0.6 is 0 Å². The van der Waals surface area contributed by atoms with Gasteiger partial charge in [0, 0.05) is 0 Å². The van der Waals surface area contributed by atoms with Crippen molar-refractivity contribution in [3.8, 4) is 0 Å². The van der Waals surface area contributed by atoms with E-state index in [1.807, 2.05) is 0 Å². The van der Waals surface area contributed by atoms with Crippen LogP contribution in [0.3, 0.4) is 0 Å². The zero-order chi connectivity index (χ0) is 7.56. The first-order valence-electron chi connectivity index (χ1n) is 4.75. The summed E-state index contributed by atoms with van der Waals surface area (Å²) in [5.41, 5.74) is 0. The van der Waals surface area contributed by atoms with Crippen molar-refractivity contribution in [3.05, 3.63) is 0 Å². The molecular weight excluding hydrogens is 120 g/mol. The predicted molar refractivity (Wildman–Crippen MR) is 46.0 cm³/mol. The molecule has 0 nitrogen and oxygen atoms in total. The largest absolute Gasteiger partial charge is 0.0654 e. The molecule has 0 aliphatic heterocycles. The van der Waals surface area contributed by atoms with Crippen molar-refractivity contribution in [1.29, 1.82) is 0 Å². The Hall–Kier alpha value is 0. The Balaban J connectivity index is 2.20. The van der Waals surface area contributed by atoms with Gasteiger partial charge in [-0.2, -0.15) is 0 Å². The van der Waals surface area contributed by atoms with Crippen LogP contribution in [0.5, 0.6) is 0 Å². The molecular formula is C10H20. The van der Waals surface area contributed by atoms with Crippen LogP contribution in [0.2, 0.25) is 0 Å². The summed E-state index contributed by atoms with van der Waals surface area (Å²) in [6.07, 6.45) is 5.79. The molecule has 3 atom stereocenters. The van der Waals surface area contributed by atoms with Crippen LogP contribution in [0.1, 0.15) is 46.5 Å². The van der Waals surface area contributed by atoms with Crippen molar-refractivity contribution in [2.45, 2.75) is 46.5 Å². The Bertz CT molecular complexity index is 96.2. The molecule has 10 heavy (non-hydrogen) atoms. The van der Waals surface area contributed by atoms with Crippen molar-refractivity contribution in [2.75, 3.05) is 0 Å². The molecule has 0 saturated heterocycles. The number of hydrogen-bond acceptors (Lipinski definition) is 0. The zero-order valence-electron chi connectivity index (χ0n) is 7.56. The second kappa shape index (κ2) is 3.41. The highest BCUT2D eigenvalue weighted by Gasteiger charge is 2.30. The fraction of sp³-hybridized carbons (Fsp3) is 1.00. The first-order chi connectivity index (χ1) is 4.75. The highest BCUT2D eigenvalue weighted by Crippen LogP contribution is 2.40. The molecule has 0 aromatic rings. The number of rotatable bonds is 3. The average Bonchev–Trinajstić information content (AvgIpc) is 1.85. The maximum absolute atomic E-state index is 2.42.